The second kappa shape index (κ2) is 6.39. The quantitative estimate of drug-likeness (QED) is 0.871. The van der Waals surface area contributed by atoms with E-state index in [1.807, 2.05) is 12.1 Å². The zero-order chi connectivity index (χ0) is 13.0. The number of hydrogen-bond donors (Lipinski definition) is 1. The molecule has 0 bridgehead atoms. The Morgan fingerprint density at radius 3 is 2.94 bits per heavy atom. The van der Waals surface area contributed by atoms with Crippen molar-refractivity contribution in [1.82, 2.24) is 10.2 Å². The van der Waals surface area contributed by atoms with E-state index in [-0.39, 0.29) is 0 Å². The van der Waals surface area contributed by atoms with Crippen molar-refractivity contribution in [3.63, 3.8) is 0 Å². The van der Waals surface area contributed by atoms with Crippen LogP contribution in [0.25, 0.3) is 0 Å². The number of nitrogens with one attached hydrogen (secondary N) is 1. The zero-order valence-electron chi connectivity index (χ0n) is 11.9. The Hall–Kier alpha value is -0.800. The molecule has 0 saturated carbocycles. The van der Waals surface area contributed by atoms with Crippen molar-refractivity contribution in [2.24, 2.45) is 11.8 Å². The van der Waals surface area contributed by atoms with Crippen LogP contribution in [0.1, 0.15) is 33.0 Å². The van der Waals surface area contributed by atoms with Gasteiger partial charge in [0.2, 0.25) is 0 Å². The summed E-state index contributed by atoms with van der Waals surface area (Å²) in [6, 6.07) is 4.56. The zero-order valence-corrected chi connectivity index (χ0v) is 11.9. The fraction of sp³-hybridized carbons (Fsp3) is 0.733. The summed E-state index contributed by atoms with van der Waals surface area (Å²) in [5.41, 5.74) is 0. The molecule has 0 aliphatic carbocycles. The molecule has 2 heterocycles. The Balaban J connectivity index is 1.69. The van der Waals surface area contributed by atoms with E-state index in [2.05, 4.69) is 31.0 Å². The number of nitrogens with zero attached hydrogens (tertiary/aromatic N) is 1. The van der Waals surface area contributed by atoms with Crippen LogP contribution in [0.15, 0.2) is 22.8 Å². The van der Waals surface area contributed by atoms with Gasteiger partial charge >= 0.3 is 0 Å². The summed E-state index contributed by atoms with van der Waals surface area (Å²) in [6.45, 7) is 11.4. The topological polar surface area (TPSA) is 28.4 Å². The third-order valence-corrected chi connectivity index (χ3v) is 4.31. The summed E-state index contributed by atoms with van der Waals surface area (Å²) in [5, 5.41) is 3.48. The Morgan fingerprint density at radius 2 is 2.28 bits per heavy atom. The smallest absolute Gasteiger partial charge is 0.117 e. The molecule has 0 radical (unpaired) electrons. The molecule has 3 heteroatoms. The normalized spacial score (nSPS) is 27.3. The van der Waals surface area contributed by atoms with Crippen molar-refractivity contribution in [1.29, 1.82) is 0 Å². The first-order valence-corrected chi connectivity index (χ1v) is 7.14. The van der Waals surface area contributed by atoms with Crippen molar-refractivity contribution >= 4 is 0 Å². The Morgan fingerprint density at radius 1 is 1.44 bits per heavy atom. The summed E-state index contributed by atoms with van der Waals surface area (Å²) in [5.74, 6) is 2.72. The van der Waals surface area contributed by atoms with Gasteiger partial charge in [-0.1, -0.05) is 13.8 Å². The Labute approximate surface area is 111 Å². The Kier molecular flexibility index (Phi) is 4.84. The van der Waals surface area contributed by atoms with Crippen molar-refractivity contribution in [2.45, 2.75) is 39.8 Å². The molecule has 0 amide bonds. The van der Waals surface area contributed by atoms with Gasteiger partial charge in [-0.05, 0) is 43.9 Å². The van der Waals surface area contributed by atoms with Crippen LogP contribution in [-0.4, -0.2) is 30.6 Å². The van der Waals surface area contributed by atoms with Gasteiger partial charge in [0.1, 0.15) is 5.76 Å². The van der Waals surface area contributed by atoms with Gasteiger partial charge in [0.05, 0.1) is 12.8 Å². The minimum absolute atomic E-state index is 0.606. The molecule has 1 saturated heterocycles. The summed E-state index contributed by atoms with van der Waals surface area (Å²) in [4.78, 5) is 2.61. The van der Waals surface area contributed by atoms with Crippen LogP contribution in [-0.2, 0) is 6.54 Å². The van der Waals surface area contributed by atoms with Crippen molar-refractivity contribution in [2.75, 3.05) is 19.6 Å². The standard InChI is InChI=1S/C15H26N2O/c1-12-6-7-17(11-13(12)2)14(3)9-16-10-15-5-4-8-18-15/h4-5,8,12-14,16H,6-7,9-11H2,1-3H3. The molecule has 1 aliphatic heterocycles. The summed E-state index contributed by atoms with van der Waals surface area (Å²) in [7, 11) is 0. The molecule has 18 heavy (non-hydrogen) atoms. The van der Waals surface area contributed by atoms with Gasteiger partial charge in [-0.3, -0.25) is 4.90 Å². The molecule has 3 unspecified atom stereocenters. The molecule has 1 aromatic rings. The number of likely N-dealkylation sites (tertiary alicyclic amines) is 1. The maximum Gasteiger partial charge on any atom is 0.117 e. The van der Waals surface area contributed by atoms with Crippen molar-refractivity contribution in [3.05, 3.63) is 24.2 Å². The molecular formula is C15H26N2O. The highest BCUT2D eigenvalue weighted by Gasteiger charge is 2.25. The van der Waals surface area contributed by atoms with Crippen molar-refractivity contribution in [3.8, 4) is 0 Å². The first-order chi connectivity index (χ1) is 8.66. The first-order valence-electron chi connectivity index (χ1n) is 7.14. The van der Waals surface area contributed by atoms with E-state index >= 15 is 0 Å². The molecule has 3 nitrogen and oxygen atoms in total. The molecule has 102 valence electrons. The summed E-state index contributed by atoms with van der Waals surface area (Å²) in [6.07, 6.45) is 3.07. The second-order valence-electron chi connectivity index (χ2n) is 5.80. The van der Waals surface area contributed by atoms with E-state index in [4.69, 9.17) is 4.42 Å². The lowest BCUT2D eigenvalue weighted by molar-refractivity contribution is 0.102. The third-order valence-electron chi connectivity index (χ3n) is 4.31. The minimum Gasteiger partial charge on any atom is -0.468 e. The van der Waals surface area contributed by atoms with Gasteiger partial charge in [-0.2, -0.15) is 0 Å². The largest absolute Gasteiger partial charge is 0.468 e. The highest BCUT2D eigenvalue weighted by Crippen LogP contribution is 2.23. The van der Waals surface area contributed by atoms with E-state index in [0.29, 0.717) is 6.04 Å². The monoisotopic (exact) mass is 250 g/mol. The average Bonchev–Trinajstić information content (AvgIpc) is 2.85. The van der Waals surface area contributed by atoms with Crippen LogP contribution in [0.5, 0.6) is 0 Å². The van der Waals surface area contributed by atoms with Crippen LogP contribution >= 0.6 is 0 Å². The number of piperidine rings is 1. The van der Waals surface area contributed by atoms with E-state index in [1.165, 1.54) is 19.5 Å². The highest BCUT2D eigenvalue weighted by atomic mass is 16.3. The van der Waals surface area contributed by atoms with Crippen molar-refractivity contribution < 1.29 is 4.42 Å². The minimum atomic E-state index is 0.606. The van der Waals surface area contributed by atoms with Crippen LogP contribution in [0.3, 0.4) is 0 Å². The lowest BCUT2D eigenvalue weighted by Gasteiger charge is -2.39. The number of hydrogen-bond acceptors (Lipinski definition) is 3. The van der Waals surface area contributed by atoms with Crippen LogP contribution in [0.2, 0.25) is 0 Å². The predicted molar refractivity (Wildman–Crippen MR) is 74.4 cm³/mol. The van der Waals surface area contributed by atoms with Gasteiger partial charge in [0.25, 0.3) is 0 Å². The number of rotatable bonds is 5. The van der Waals surface area contributed by atoms with E-state index in [9.17, 15) is 0 Å². The number of furan rings is 1. The van der Waals surface area contributed by atoms with Crippen LogP contribution in [0.4, 0.5) is 0 Å². The molecule has 1 aromatic heterocycles. The van der Waals surface area contributed by atoms with Gasteiger partial charge in [-0.25, -0.2) is 0 Å². The van der Waals surface area contributed by atoms with Gasteiger partial charge in [0, 0.05) is 19.1 Å². The molecule has 0 spiro atoms. The van der Waals surface area contributed by atoms with Gasteiger partial charge < -0.3 is 9.73 Å². The maximum atomic E-state index is 5.32. The second-order valence-corrected chi connectivity index (χ2v) is 5.80. The predicted octanol–water partition coefficient (Wildman–Crippen LogP) is 2.74. The van der Waals surface area contributed by atoms with Gasteiger partial charge in [0.15, 0.2) is 0 Å². The SMILES string of the molecule is CC1CCN(C(C)CNCc2ccco2)CC1C. The lowest BCUT2D eigenvalue weighted by atomic mass is 9.88. The Bertz CT molecular complexity index is 336. The molecule has 3 atom stereocenters. The molecular weight excluding hydrogens is 224 g/mol. The average molecular weight is 250 g/mol. The molecule has 1 fully saturated rings. The fourth-order valence-electron chi connectivity index (χ4n) is 2.64. The molecule has 1 N–H and O–H groups in total. The molecule has 2 rings (SSSR count). The van der Waals surface area contributed by atoms with Crippen LogP contribution < -0.4 is 5.32 Å². The maximum absolute atomic E-state index is 5.32. The van der Waals surface area contributed by atoms with Gasteiger partial charge in [-0.15, -0.1) is 0 Å². The molecule has 0 aromatic carbocycles. The molecule has 1 aliphatic rings. The first kappa shape index (κ1) is 13.6. The third kappa shape index (κ3) is 3.59. The fourth-order valence-corrected chi connectivity index (χ4v) is 2.64. The van der Waals surface area contributed by atoms with E-state index in [1.54, 1.807) is 6.26 Å². The summed E-state index contributed by atoms with van der Waals surface area (Å²) < 4.78 is 5.32. The van der Waals surface area contributed by atoms with E-state index in [0.717, 1.165) is 30.7 Å². The van der Waals surface area contributed by atoms with E-state index < -0.39 is 0 Å². The lowest BCUT2D eigenvalue weighted by Crippen LogP contribution is -2.47. The van der Waals surface area contributed by atoms with Crippen LogP contribution in [0, 0.1) is 11.8 Å². The summed E-state index contributed by atoms with van der Waals surface area (Å²) >= 11 is 0. The highest BCUT2D eigenvalue weighted by molar-refractivity contribution is 4.97.